The number of carboxylic acid groups (broad SMARTS) is 1. The lowest BCUT2D eigenvalue weighted by atomic mass is 9.80. The fraction of sp³-hybridized carbons (Fsp3) is 0.375. The Morgan fingerprint density at radius 2 is 1.93 bits per heavy atom. The number of likely N-dealkylation sites (tertiary alicyclic amines) is 1. The number of hydrogen-bond donors (Lipinski definition) is 1. The van der Waals surface area contributed by atoms with Gasteiger partial charge in [0.05, 0.1) is 6.04 Å². The lowest BCUT2D eigenvalue weighted by Gasteiger charge is -2.53. The SMILES string of the molecule is O=C(O)C1=C(Sc2ccncc2)C2CCN(C(=O)C(F)(F)F)[C@@H]3C(=O)N1[C@H]23. The molecule has 0 spiro atoms. The molecule has 27 heavy (non-hydrogen) atoms. The molecule has 0 bridgehead atoms. The van der Waals surface area contributed by atoms with Gasteiger partial charge in [0, 0.05) is 34.7 Å². The van der Waals surface area contributed by atoms with Crippen LogP contribution in [0.1, 0.15) is 6.42 Å². The van der Waals surface area contributed by atoms with Crippen LogP contribution in [0, 0.1) is 5.92 Å². The summed E-state index contributed by atoms with van der Waals surface area (Å²) in [5.41, 5.74) is -0.214. The largest absolute Gasteiger partial charge is 0.477 e. The molecule has 0 radical (unpaired) electrons. The highest BCUT2D eigenvalue weighted by Crippen LogP contribution is 2.53. The van der Waals surface area contributed by atoms with Crippen LogP contribution in [0.3, 0.4) is 0 Å². The first kappa shape index (κ1) is 17.8. The number of rotatable bonds is 3. The van der Waals surface area contributed by atoms with E-state index in [1.54, 1.807) is 12.1 Å². The summed E-state index contributed by atoms with van der Waals surface area (Å²) >= 11 is 1.16. The molecule has 0 aliphatic carbocycles. The standard InChI is InChI=1S/C16H12F3N3O4S/c17-16(18,19)15(26)21-6-3-8-9-10(21)13(23)22(9)11(14(24)25)12(8)27-7-1-4-20-5-2-7/h1-2,4-5,8-10H,3,6H2,(H,24,25)/t8?,9-,10+/m1/s1. The fourth-order valence-corrected chi connectivity index (χ4v) is 5.10. The zero-order valence-electron chi connectivity index (χ0n) is 13.5. The van der Waals surface area contributed by atoms with Gasteiger partial charge in [0.2, 0.25) is 0 Å². The van der Waals surface area contributed by atoms with E-state index in [0.29, 0.717) is 14.7 Å². The quantitative estimate of drug-likeness (QED) is 0.775. The number of aliphatic carboxylic acids is 1. The van der Waals surface area contributed by atoms with Crippen LogP contribution in [-0.2, 0) is 14.4 Å². The number of nitrogens with zero attached hydrogens (tertiary/aromatic N) is 3. The normalized spacial score (nSPS) is 26.8. The Hall–Kier alpha value is -2.56. The summed E-state index contributed by atoms with van der Waals surface area (Å²) in [6.07, 6.45) is -1.86. The van der Waals surface area contributed by atoms with E-state index in [0.717, 1.165) is 16.7 Å². The van der Waals surface area contributed by atoms with Crippen molar-refractivity contribution in [1.29, 1.82) is 0 Å². The Bertz CT molecular complexity index is 873. The summed E-state index contributed by atoms with van der Waals surface area (Å²) in [5.74, 6) is -4.59. The Kier molecular flexibility index (Phi) is 3.95. The van der Waals surface area contributed by atoms with Crippen LogP contribution in [0.2, 0.25) is 0 Å². The van der Waals surface area contributed by atoms with Crippen molar-refractivity contribution in [2.75, 3.05) is 6.54 Å². The number of halogens is 3. The van der Waals surface area contributed by atoms with Gasteiger partial charge in [-0.2, -0.15) is 13.2 Å². The van der Waals surface area contributed by atoms with E-state index in [-0.39, 0.29) is 18.7 Å². The second-order valence-electron chi connectivity index (χ2n) is 6.34. The van der Waals surface area contributed by atoms with Crippen LogP contribution in [0.5, 0.6) is 0 Å². The summed E-state index contributed by atoms with van der Waals surface area (Å²) in [6.45, 7) is -0.253. The molecule has 0 saturated carbocycles. The van der Waals surface area contributed by atoms with E-state index in [9.17, 15) is 32.7 Å². The number of carbonyl (C=O) groups is 3. The number of amides is 2. The van der Waals surface area contributed by atoms with Gasteiger partial charge in [0.15, 0.2) is 0 Å². The Labute approximate surface area is 154 Å². The zero-order valence-corrected chi connectivity index (χ0v) is 14.3. The molecule has 3 aliphatic heterocycles. The molecule has 3 atom stereocenters. The van der Waals surface area contributed by atoms with Gasteiger partial charge in [0.25, 0.3) is 5.91 Å². The van der Waals surface area contributed by atoms with Crippen LogP contribution < -0.4 is 0 Å². The van der Waals surface area contributed by atoms with Gasteiger partial charge in [-0.3, -0.25) is 19.5 Å². The second kappa shape index (κ2) is 5.98. The van der Waals surface area contributed by atoms with Crippen LogP contribution >= 0.6 is 11.8 Å². The molecule has 1 aromatic rings. The number of piperidine rings is 1. The lowest BCUT2D eigenvalue weighted by molar-refractivity contribution is -0.198. The Morgan fingerprint density at radius 1 is 1.26 bits per heavy atom. The van der Waals surface area contributed by atoms with Crippen molar-refractivity contribution < 1.29 is 32.7 Å². The van der Waals surface area contributed by atoms with E-state index in [1.165, 1.54) is 12.4 Å². The van der Waals surface area contributed by atoms with Gasteiger partial charge in [-0.15, -0.1) is 0 Å². The third-order valence-electron chi connectivity index (χ3n) is 4.94. The number of thioether (sulfide) groups is 1. The fourth-order valence-electron chi connectivity index (χ4n) is 3.90. The lowest BCUT2D eigenvalue weighted by Crippen LogP contribution is -2.74. The van der Waals surface area contributed by atoms with Gasteiger partial charge >= 0.3 is 18.1 Å². The number of carbonyl (C=O) groups excluding carboxylic acids is 2. The van der Waals surface area contributed by atoms with Gasteiger partial charge in [-0.25, -0.2) is 4.79 Å². The number of alkyl halides is 3. The predicted molar refractivity (Wildman–Crippen MR) is 85.1 cm³/mol. The molecule has 2 fully saturated rings. The van der Waals surface area contributed by atoms with Crippen LogP contribution in [0.15, 0.2) is 40.0 Å². The third-order valence-corrected chi connectivity index (χ3v) is 6.16. The number of aromatic nitrogens is 1. The molecular formula is C16H12F3N3O4S. The molecule has 0 aromatic carbocycles. The molecule has 1 unspecified atom stereocenters. The molecular weight excluding hydrogens is 387 g/mol. The third kappa shape index (κ3) is 2.59. The highest BCUT2D eigenvalue weighted by atomic mass is 32.2. The first-order valence-corrected chi connectivity index (χ1v) is 8.79. The van der Waals surface area contributed by atoms with Crippen molar-refractivity contribution in [1.82, 2.24) is 14.8 Å². The number of pyridine rings is 1. The van der Waals surface area contributed by atoms with Gasteiger partial charge in [0.1, 0.15) is 11.7 Å². The second-order valence-corrected chi connectivity index (χ2v) is 7.45. The van der Waals surface area contributed by atoms with Crippen molar-refractivity contribution in [2.45, 2.75) is 29.6 Å². The van der Waals surface area contributed by atoms with E-state index in [2.05, 4.69) is 4.98 Å². The molecule has 1 aromatic heterocycles. The van der Waals surface area contributed by atoms with E-state index in [1.807, 2.05) is 0 Å². The van der Waals surface area contributed by atoms with Crippen molar-refractivity contribution >= 4 is 29.5 Å². The van der Waals surface area contributed by atoms with Crippen molar-refractivity contribution in [3.05, 3.63) is 35.1 Å². The minimum atomic E-state index is -5.08. The van der Waals surface area contributed by atoms with Gasteiger partial charge in [-0.05, 0) is 18.6 Å². The minimum absolute atomic E-state index is 0.150. The van der Waals surface area contributed by atoms with Crippen molar-refractivity contribution in [3.8, 4) is 0 Å². The Morgan fingerprint density at radius 3 is 2.52 bits per heavy atom. The molecule has 2 amide bonds. The van der Waals surface area contributed by atoms with Crippen LogP contribution in [0.25, 0.3) is 0 Å². The molecule has 1 N–H and O–H groups in total. The average molecular weight is 399 g/mol. The molecule has 4 rings (SSSR count). The average Bonchev–Trinajstić information content (AvgIpc) is 2.93. The minimum Gasteiger partial charge on any atom is -0.477 e. The smallest absolute Gasteiger partial charge is 0.471 e. The highest BCUT2D eigenvalue weighted by Gasteiger charge is 2.66. The zero-order chi connectivity index (χ0) is 19.5. The summed E-state index contributed by atoms with van der Waals surface area (Å²) < 4.78 is 38.5. The summed E-state index contributed by atoms with van der Waals surface area (Å²) in [5, 5.41) is 9.59. The van der Waals surface area contributed by atoms with Crippen LogP contribution in [-0.4, -0.2) is 62.5 Å². The molecule has 3 aliphatic rings. The molecule has 4 heterocycles. The maximum Gasteiger partial charge on any atom is 0.471 e. The van der Waals surface area contributed by atoms with Gasteiger partial charge in [-0.1, -0.05) is 11.8 Å². The Balaban J connectivity index is 1.68. The van der Waals surface area contributed by atoms with Crippen LogP contribution in [0.4, 0.5) is 13.2 Å². The van der Waals surface area contributed by atoms with E-state index < -0.39 is 42.0 Å². The monoisotopic (exact) mass is 399 g/mol. The molecule has 7 nitrogen and oxygen atoms in total. The molecule has 11 heteroatoms. The predicted octanol–water partition coefficient (Wildman–Crippen LogP) is 1.47. The first-order valence-electron chi connectivity index (χ1n) is 7.98. The van der Waals surface area contributed by atoms with E-state index in [4.69, 9.17) is 0 Å². The molecule has 2 saturated heterocycles. The number of β-lactam (4-membered cyclic amide) rings is 1. The number of carboxylic acids is 1. The van der Waals surface area contributed by atoms with E-state index >= 15 is 0 Å². The van der Waals surface area contributed by atoms with Crippen molar-refractivity contribution in [2.24, 2.45) is 5.92 Å². The maximum atomic E-state index is 12.8. The topological polar surface area (TPSA) is 90.8 Å². The summed E-state index contributed by atoms with van der Waals surface area (Å²) in [7, 11) is 0. The maximum absolute atomic E-state index is 12.8. The highest BCUT2D eigenvalue weighted by molar-refractivity contribution is 8.03. The summed E-state index contributed by atoms with van der Waals surface area (Å²) in [4.78, 5) is 42.5. The van der Waals surface area contributed by atoms with Gasteiger partial charge < -0.3 is 10.0 Å². The van der Waals surface area contributed by atoms with Crippen molar-refractivity contribution in [3.63, 3.8) is 0 Å². The number of hydrogen-bond acceptors (Lipinski definition) is 5. The molecule has 142 valence electrons. The first-order chi connectivity index (χ1) is 12.7. The summed E-state index contributed by atoms with van der Waals surface area (Å²) in [6, 6.07) is 1.30.